The van der Waals surface area contributed by atoms with E-state index in [0.717, 1.165) is 30.6 Å². The van der Waals surface area contributed by atoms with Crippen LogP contribution in [-0.2, 0) is 0 Å². The van der Waals surface area contributed by atoms with Gasteiger partial charge in [0.1, 0.15) is 6.17 Å². The van der Waals surface area contributed by atoms with Crippen molar-refractivity contribution >= 4 is 0 Å². The van der Waals surface area contributed by atoms with Crippen molar-refractivity contribution in [1.82, 2.24) is 0 Å². The topological polar surface area (TPSA) is 0 Å². The van der Waals surface area contributed by atoms with Gasteiger partial charge in [-0.15, -0.1) is 0 Å². The van der Waals surface area contributed by atoms with Gasteiger partial charge in [-0.25, -0.2) is 4.39 Å². The third kappa shape index (κ3) is 1.70. The minimum absolute atomic E-state index is 0.338. The van der Waals surface area contributed by atoms with Crippen molar-refractivity contribution in [1.29, 1.82) is 0 Å². The Kier molecular flexibility index (Phi) is 3.03. The monoisotopic (exact) mass is 278 g/mol. The molecule has 7 atom stereocenters. The SMILES string of the molecule is C[C@@]12CCC[C@H]1[C@@H]1CCC3C(F)CCC[C@]3(C)[C@@H]1CC2. The van der Waals surface area contributed by atoms with Crippen molar-refractivity contribution < 1.29 is 4.39 Å². The maximum Gasteiger partial charge on any atom is 0.103 e. The number of rotatable bonds is 0. The largest absolute Gasteiger partial charge is 0.247 e. The summed E-state index contributed by atoms with van der Waals surface area (Å²) in [5.41, 5.74) is 0.985. The molecule has 0 N–H and O–H groups in total. The molecule has 0 nitrogen and oxygen atoms in total. The van der Waals surface area contributed by atoms with Crippen molar-refractivity contribution in [3.05, 3.63) is 0 Å². The average molecular weight is 278 g/mol. The zero-order valence-electron chi connectivity index (χ0n) is 13.3. The van der Waals surface area contributed by atoms with Crippen LogP contribution in [0, 0.1) is 34.5 Å². The Hall–Kier alpha value is -0.0700. The highest BCUT2D eigenvalue weighted by molar-refractivity contribution is 5.08. The van der Waals surface area contributed by atoms with E-state index in [1.165, 1.54) is 51.4 Å². The molecule has 2 unspecified atom stereocenters. The molecule has 4 fully saturated rings. The Morgan fingerprint density at radius 3 is 2.40 bits per heavy atom. The number of halogens is 1. The molecule has 0 aromatic rings. The van der Waals surface area contributed by atoms with Gasteiger partial charge < -0.3 is 0 Å². The van der Waals surface area contributed by atoms with Gasteiger partial charge in [0.25, 0.3) is 0 Å². The smallest absolute Gasteiger partial charge is 0.103 e. The maximum absolute atomic E-state index is 14.5. The number of alkyl halides is 1. The molecule has 0 aromatic heterocycles. The molecule has 4 aliphatic carbocycles. The second-order valence-corrected chi connectivity index (χ2v) is 9.06. The second kappa shape index (κ2) is 4.46. The van der Waals surface area contributed by atoms with Gasteiger partial charge in [0.05, 0.1) is 0 Å². The van der Waals surface area contributed by atoms with Gasteiger partial charge in [-0.1, -0.05) is 20.3 Å². The van der Waals surface area contributed by atoms with Crippen LogP contribution in [0.5, 0.6) is 0 Å². The van der Waals surface area contributed by atoms with Gasteiger partial charge in [-0.05, 0) is 92.3 Å². The first-order chi connectivity index (χ1) is 9.55. The highest BCUT2D eigenvalue weighted by Gasteiger charge is 2.58. The molecule has 114 valence electrons. The lowest BCUT2D eigenvalue weighted by atomic mass is 9.45. The zero-order chi connectivity index (χ0) is 14.0. The van der Waals surface area contributed by atoms with E-state index >= 15 is 0 Å². The highest BCUT2D eigenvalue weighted by atomic mass is 19.1. The van der Waals surface area contributed by atoms with Gasteiger partial charge in [0.2, 0.25) is 0 Å². The lowest BCUT2D eigenvalue weighted by molar-refractivity contribution is -0.124. The maximum atomic E-state index is 14.5. The van der Waals surface area contributed by atoms with E-state index in [2.05, 4.69) is 13.8 Å². The summed E-state index contributed by atoms with van der Waals surface area (Å²) in [5, 5.41) is 0. The highest BCUT2D eigenvalue weighted by Crippen LogP contribution is 2.66. The fourth-order valence-corrected chi connectivity index (χ4v) is 7.32. The molecule has 4 rings (SSSR count). The lowest BCUT2D eigenvalue weighted by Gasteiger charge is -2.60. The summed E-state index contributed by atoms with van der Waals surface area (Å²) in [6.45, 7) is 5.03. The average Bonchev–Trinajstić information content (AvgIpc) is 2.80. The summed E-state index contributed by atoms with van der Waals surface area (Å²) in [6.07, 6.45) is 12.5. The molecule has 0 aromatic carbocycles. The molecular weight excluding hydrogens is 247 g/mol. The van der Waals surface area contributed by atoms with Crippen molar-refractivity contribution in [3.8, 4) is 0 Å². The van der Waals surface area contributed by atoms with Crippen molar-refractivity contribution in [3.63, 3.8) is 0 Å². The van der Waals surface area contributed by atoms with Crippen LogP contribution >= 0.6 is 0 Å². The van der Waals surface area contributed by atoms with E-state index in [-0.39, 0.29) is 0 Å². The normalized spacial score (nSPS) is 58.6. The van der Waals surface area contributed by atoms with E-state index < -0.39 is 6.17 Å². The Morgan fingerprint density at radius 2 is 1.55 bits per heavy atom. The quantitative estimate of drug-likeness (QED) is 0.528. The fourth-order valence-electron chi connectivity index (χ4n) is 7.32. The van der Waals surface area contributed by atoms with E-state index in [4.69, 9.17) is 0 Å². The van der Waals surface area contributed by atoms with Crippen LogP contribution in [0.15, 0.2) is 0 Å². The minimum Gasteiger partial charge on any atom is -0.247 e. The Bertz CT molecular complexity index is 391. The Morgan fingerprint density at radius 1 is 0.750 bits per heavy atom. The van der Waals surface area contributed by atoms with Crippen LogP contribution in [0.2, 0.25) is 0 Å². The van der Waals surface area contributed by atoms with Gasteiger partial charge in [-0.2, -0.15) is 0 Å². The van der Waals surface area contributed by atoms with E-state index in [1.807, 2.05) is 0 Å². The van der Waals surface area contributed by atoms with Gasteiger partial charge in [0.15, 0.2) is 0 Å². The van der Waals surface area contributed by atoms with Crippen LogP contribution in [0.1, 0.15) is 78.1 Å². The molecule has 0 aliphatic heterocycles. The molecule has 1 heteroatoms. The van der Waals surface area contributed by atoms with Crippen molar-refractivity contribution in [2.75, 3.05) is 0 Å². The van der Waals surface area contributed by atoms with Gasteiger partial charge in [0, 0.05) is 0 Å². The van der Waals surface area contributed by atoms with Crippen LogP contribution in [-0.4, -0.2) is 6.17 Å². The number of hydrogen-bond donors (Lipinski definition) is 0. The third-order valence-corrected chi connectivity index (χ3v) is 8.36. The van der Waals surface area contributed by atoms with E-state index in [9.17, 15) is 4.39 Å². The first-order valence-electron chi connectivity index (χ1n) is 9.19. The Labute approximate surface area is 123 Å². The van der Waals surface area contributed by atoms with Crippen molar-refractivity contribution in [2.24, 2.45) is 34.5 Å². The number of hydrogen-bond acceptors (Lipinski definition) is 0. The molecular formula is C19H31F. The predicted molar refractivity (Wildman–Crippen MR) is 81.2 cm³/mol. The van der Waals surface area contributed by atoms with Crippen LogP contribution in [0.4, 0.5) is 4.39 Å². The molecule has 0 radical (unpaired) electrons. The molecule has 20 heavy (non-hydrogen) atoms. The molecule has 0 saturated heterocycles. The van der Waals surface area contributed by atoms with Crippen LogP contribution in [0.3, 0.4) is 0 Å². The minimum atomic E-state index is -0.494. The first-order valence-corrected chi connectivity index (χ1v) is 9.19. The van der Waals surface area contributed by atoms with Crippen LogP contribution in [0.25, 0.3) is 0 Å². The summed E-state index contributed by atoms with van der Waals surface area (Å²) in [6, 6.07) is 0. The van der Waals surface area contributed by atoms with E-state index in [1.54, 1.807) is 0 Å². The van der Waals surface area contributed by atoms with Crippen molar-refractivity contribution in [2.45, 2.75) is 84.2 Å². The summed E-state index contributed by atoms with van der Waals surface area (Å²) in [4.78, 5) is 0. The molecule has 0 amide bonds. The fraction of sp³-hybridized carbons (Fsp3) is 1.00. The summed E-state index contributed by atoms with van der Waals surface area (Å²) in [7, 11) is 0. The summed E-state index contributed by atoms with van der Waals surface area (Å²) < 4.78 is 14.5. The summed E-state index contributed by atoms with van der Waals surface area (Å²) >= 11 is 0. The molecule has 0 spiro atoms. The Balaban J connectivity index is 1.65. The second-order valence-electron chi connectivity index (χ2n) is 9.06. The molecule has 0 bridgehead atoms. The first kappa shape index (κ1) is 13.6. The lowest BCUT2D eigenvalue weighted by Crippen LogP contribution is -2.54. The standard InChI is InChI=1S/C19H31F/c1-18-10-3-5-14(18)13-7-8-16-17(20)6-4-11-19(16,2)15(13)9-12-18/h13-17H,3-12H2,1-2H3/t13-,14-,15+,16?,17?,18-,19+/m0/s1. The molecule has 0 heterocycles. The van der Waals surface area contributed by atoms with Gasteiger partial charge in [-0.3, -0.25) is 0 Å². The summed E-state index contributed by atoms with van der Waals surface area (Å²) in [5.74, 6) is 3.14. The zero-order valence-corrected chi connectivity index (χ0v) is 13.3. The number of fused-ring (bicyclic) bond motifs is 5. The predicted octanol–water partition coefficient (Wildman–Crippen LogP) is 5.76. The third-order valence-electron chi connectivity index (χ3n) is 8.36. The molecule has 4 saturated carbocycles. The van der Waals surface area contributed by atoms with Gasteiger partial charge >= 0.3 is 0 Å². The van der Waals surface area contributed by atoms with E-state index in [0.29, 0.717) is 16.7 Å². The molecule has 4 aliphatic rings. The van der Waals surface area contributed by atoms with Crippen LogP contribution < -0.4 is 0 Å².